The molecule has 0 aromatic carbocycles. The van der Waals surface area contributed by atoms with E-state index in [0.717, 1.165) is 6.42 Å². The van der Waals surface area contributed by atoms with Gasteiger partial charge in [-0.2, -0.15) is 0 Å². The summed E-state index contributed by atoms with van der Waals surface area (Å²) in [5.41, 5.74) is 6.52. The molecule has 5 atom stereocenters. The average molecular weight is 309 g/mol. The molecule has 3 heterocycles. The molecule has 1 aliphatic heterocycles. The summed E-state index contributed by atoms with van der Waals surface area (Å²) in [5, 5.41) is 30.4. The van der Waals surface area contributed by atoms with Gasteiger partial charge < -0.3 is 25.8 Å². The van der Waals surface area contributed by atoms with E-state index in [9.17, 15) is 15.3 Å². The molecule has 3 rings (SSSR count). The van der Waals surface area contributed by atoms with Crippen molar-refractivity contribution in [3.8, 4) is 0 Å². The predicted octanol–water partition coefficient (Wildman–Crippen LogP) is -0.811. The smallest absolute Gasteiger partial charge is 0.167 e. The number of ether oxygens (including phenoxy) is 1. The Hall–Kier alpha value is -1.81. The monoisotopic (exact) mass is 309 g/mol. The lowest BCUT2D eigenvalue weighted by molar-refractivity contribution is -0.0854. The number of hydrogen-bond donors (Lipinski definition) is 4. The highest BCUT2D eigenvalue weighted by molar-refractivity contribution is 5.81. The molecule has 0 spiro atoms. The largest absolute Gasteiger partial charge is 0.390 e. The summed E-state index contributed by atoms with van der Waals surface area (Å²) in [5.74, 6) is 0.222. The Labute approximate surface area is 126 Å². The van der Waals surface area contributed by atoms with Crippen LogP contribution in [0.3, 0.4) is 0 Å². The predicted molar refractivity (Wildman–Crippen MR) is 76.6 cm³/mol. The fraction of sp³-hybridized carbons (Fsp3) is 0.615. The van der Waals surface area contributed by atoms with Gasteiger partial charge in [0.25, 0.3) is 0 Å². The first-order chi connectivity index (χ1) is 10.5. The number of nitrogen functional groups attached to an aromatic ring is 1. The normalized spacial score (nSPS) is 30.0. The number of nitrogens with zero attached hydrogens (tertiary/aromatic N) is 4. The minimum absolute atomic E-state index is 0.222. The second kappa shape index (κ2) is 5.76. The maximum atomic E-state index is 10.2. The highest BCUT2D eigenvalue weighted by Crippen LogP contribution is 2.33. The first kappa shape index (κ1) is 15.1. The summed E-state index contributed by atoms with van der Waals surface area (Å²) in [4.78, 5) is 12.0. The molecule has 9 nitrogen and oxygen atoms in total. The zero-order chi connectivity index (χ0) is 15.9. The molecule has 0 amide bonds. The van der Waals surface area contributed by atoms with E-state index < -0.39 is 30.6 Å². The third kappa shape index (κ3) is 2.31. The topological polar surface area (TPSA) is 140 Å². The van der Waals surface area contributed by atoms with Crippen molar-refractivity contribution in [3.05, 3.63) is 12.7 Å². The molecule has 0 radical (unpaired) electrons. The Kier molecular flexibility index (Phi) is 3.96. The van der Waals surface area contributed by atoms with Crippen LogP contribution < -0.4 is 5.73 Å². The molecule has 22 heavy (non-hydrogen) atoms. The van der Waals surface area contributed by atoms with Crippen LogP contribution in [-0.2, 0) is 4.74 Å². The van der Waals surface area contributed by atoms with Gasteiger partial charge in [-0.3, -0.25) is 4.57 Å². The molecule has 120 valence electrons. The number of hydrogen-bond acceptors (Lipinski definition) is 8. The number of rotatable bonds is 4. The quantitative estimate of drug-likeness (QED) is 0.575. The van der Waals surface area contributed by atoms with Crippen LogP contribution >= 0.6 is 0 Å². The van der Waals surface area contributed by atoms with E-state index in [4.69, 9.17) is 10.5 Å². The highest BCUT2D eigenvalue weighted by atomic mass is 16.6. The lowest BCUT2D eigenvalue weighted by Gasteiger charge is -2.20. The lowest BCUT2D eigenvalue weighted by Crippen LogP contribution is -2.38. The van der Waals surface area contributed by atoms with Gasteiger partial charge in [0.05, 0.1) is 12.4 Å². The summed E-state index contributed by atoms with van der Waals surface area (Å²) in [6.07, 6.45) is -1.08. The number of aliphatic hydroxyl groups is 3. The molecule has 0 saturated carbocycles. The standard InChI is InChI=1S/C13H19N5O4/c1-2-3-6(19)10-8(20)9(21)13(22-10)18-5-17-7-11(14)15-4-16-12(7)18/h4-6,8-10,13,19-21H,2-3H2,1H3,(H2,14,15,16)/t6-,8-,9+,10+,13+/m0/s1. The third-order valence-electron chi connectivity index (χ3n) is 3.90. The van der Waals surface area contributed by atoms with Crippen LogP contribution in [0.5, 0.6) is 0 Å². The van der Waals surface area contributed by atoms with Gasteiger partial charge in [0.1, 0.15) is 30.2 Å². The molecule has 2 aromatic heterocycles. The number of fused-ring (bicyclic) bond motifs is 1. The summed E-state index contributed by atoms with van der Waals surface area (Å²) in [7, 11) is 0. The van der Waals surface area contributed by atoms with E-state index in [0.29, 0.717) is 17.6 Å². The van der Waals surface area contributed by atoms with Crippen LogP contribution in [-0.4, -0.2) is 59.3 Å². The van der Waals surface area contributed by atoms with E-state index in [1.807, 2.05) is 6.92 Å². The van der Waals surface area contributed by atoms with Gasteiger partial charge >= 0.3 is 0 Å². The minimum atomic E-state index is -1.20. The van der Waals surface area contributed by atoms with Gasteiger partial charge in [0.2, 0.25) is 0 Å². The summed E-state index contributed by atoms with van der Waals surface area (Å²) in [6, 6.07) is 0. The minimum Gasteiger partial charge on any atom is -0.390 e. The average Bonchev–Trinajstić information content (AvgIpc) is 3.03. The van der Waals surface area contributed by atoms with Crippen LogP contribution in [0.2, 0.25) is 0 Å². The van der Waals surface area contributed by atoms with E-state index in [1.165, 1.54) is 17.2 Å². The van der Waals surface area contributed by atoms with Gasteiger partial charge in [-0.1, -0.05) is 13.3 Å². The summed E-state index contributed by atoms with van der Waals surface area (Å²) >= 11 is 0. The summed E-state index contributed by atoms with van der Waals surface area (Å²) < 4.78 is 7.15. The molecule has 5 N–H and O–H groups in total. The lowest BCUT2D eigenvalue weighted by atomic mass is 10.0. The molecule has 1 aliphatic rings. The molecule has 0 aliphatic carbocycles. The third-order valence-corrected chi connectivity index (χ3v) is 3.90. The van der Waals surface area contributed by atoms with Crippen molar-refractivity contribution in [1.29, 1.82) is 0 Å². The maximum absolute atomic E-state index is 10.2. The fourth-order valence-electron chi connectivity index (χ4n) is 2.75. The number of imidazole rings is 1. The molecule has 0 bridgehead atoms. The molecular formula is C13H19N5O4. The SMILES string of the molecule is CCC[C@H](O)[C@H]1O[C@@H](n2cnc3c(N)ncnc32)[C@H](O)[C@@H]1O. The first-order valence-corrected chi connectivity index (χ1v) is 7.17. The van der Waals surface area contributed by atoms with Crippen LogP contribution in [0.25, 0.3) is 11.2 Å². The van der Waals surface area contributed by atoms with Gasteiger partial charge in [-0.25, -0.2) is 15.0 Å². The summed E-state index contributed by atoms with van der Waals surface area (Å²) in [6.45, 7) is 1.92. The Morgan fingerprint density at radius 2 is 2.09 bits per heavy atom. The molecule has 1 saturated heterocycles. The number of aromatic nitrogens is 4. The van der Waals surface area contributed by atoms with Crippen molar-refractivity contribution in [3.63, 3.8) is 0 Å². The fourth-order valence-corrected chi connectivity index (χ4v) is 2.75. The van der Waals surface area contributed by atoms with Crippen molar-refractivity contribution in [2.45, 2.75) is 50.4 Å². The molecule has 2 aromatic rings. The van der Waals surface area contributed by atoms with Crippen LogP contribution in [0.1, 0.15) is 26.0 Å². The maximum Gasteiger partial charge on any atom is 0.167 e. The number of anilines is 1. The van der Waals surface area contributed by atoms with E-state index >= 15 is 0 Å². The second-order valence-electron chi connectivity index (χ2n) is 5.41. The van der Waals surface area contributed by atoms with Gasteiger partial charge in [0, 0.05) is 0 Å². The number of nitrogens with two attached hydrogens (primary N) is 1. The van der Waals surface area contributed by atoms with Crippen LogP contribution in [0.4, 0.5) is 5.82 Å². The molecular weight excluding hydrogens is 290 g/mol. The Morgan fingerprint density at radius 1 is 1.32 bits per heavy atom. The van der Waals surface area contributed by atoms with E-state index in [-0.39, 0.29) is 5.82 Å². The van der Waals surface area contributed by atoms with Gasteiger partial charge in [0.15, 0.2) is 17.7 Å². The van der Waals surface area contributed by atoms with Crippen molar-refractivity contribution >= 4 is 17.0 Å². The van der Waals surface area contributed by atoms with Crippen LogP contribution in [0.15, 0.2) is 12.7 Å². The first-order valence-electron chi connectivity index (χ1n) is 7.17. The van der Waals surface area contributed by atoms with E-state index in [1.54, 1.807) is 0 Å². The molecule has 1 fully saturated rings. The van der Waals surface area contributed by atoms with Crippen LogP contribution in [0, 0.1) is 0 Å². The van der Waals surface area contributed by atoms with Gasteiger partial charge in [-0.05, 0) is 6.42 Å². The Balaban J connectivity index is 1.92. The van der Waals surface area contributed by atoms with Crippen molar-refractivity contribution in [1.82, 2.24) is 19.5 Å². The Bertz CT molecular complexity index is 663. The van der Waals surface area contributed by atoms with Crippen molar-refractivity contribution < 1.29 is 20.1 Å². The molecule has 0 unspecified atom stereocenters. The number of aliphatic hydroxyl groups excluding tert-OH is 3. The zero-order valence-electron chi connectivity index (χ0n) is 12.1. The second-order valence-corrected chi connectivity index (χ2v) is 5.41. The van der Waals surface area contributed by atoms with Crippen molar-refractivity contribution in [2.24, 2.45) is 0 Å². The highest BCUT2D eigenvalue weighted by Gasteiger charge is 2.47. The van der Waals surface area contributed by atoms with E-state index in [2.05, 4.69) is 15.0 Å². The molecule has 9 heteroatoms. The van der Waals surface area contributed by atoms with Crippen molar-refractivity contribution in [2.75, 3.05) is 5.73 Å². The van der Waals surface area contributed by atoms with Gasteiger partial charge in [-0.15, -0.1) is 0 Å². The zero-order valence-corrected chi connectivity index (χ0v) is 12.1. The Morgan fingerprint density at radius 3 is 2.82 bits per heavy atom.